The Kier molecular flexibility index (Phi) is 4.55. The number of thioether (sulfide) groups is 1. The van der Waals surface area contributed by atoms with Crippen LogP contribution in [0.2, 0.25) is 0 Å². The second kappa shape index (κ2) is 6.16. The predicted octanol–water partition coefficient (Wildman–Crippen LogP) is 2.93. The molecule has 1 unspecified atom stereocenters. The van der Waals surface area contributed by atoms with Crippen molar-refractivity contribution in [2.75, 3.05) is 19.4 Å². The van der Waals surface area contributed by atoms with Crippen LogP contribution in [0.15, 0.2) is 29.2 Å². The summed E-state index contributed by atoms with van der Waals surface area (Å²) in [6.45, 7) is 1.18. The van der Waals surface area contributed by atoms with Gasteiger partial charge in [0.1, 0.15) is 5.75 Å². The quantitative estimate of drug-likeness (QED) is 0.814. The summed E-state index contributed by atoms with van der Waals surface area (Å²) in [5.41, 5.74) is 0. The molecule has 2 nitrogen and oxygen atoms in total. The van der Waals surface area contributed by atoms with Crippen LogP contribution < -0.4 is 10.1 Å². The number of piperidine rings is 1. The minimum absolute atomic E-state index is 0.685. The molecule has 3 heteroatoms. The molecule has 1 atom stereocenters. The summed E-state index contributed by atoms with van der Waals surface area (Å²) in [6.07, 6.45) is 4.02. The van der Waals surface area contributed by atoms with Gasteiger partial charge in [-0.15, -0.1) is 11.8 Å². The maximum Gasteiger partial charge on any atom is 0.119 e. The van der Waals surface area contributed by atoms with Crippen molar-refractivity contribution in [3.8, 4) is 5.75 Å². The average Bonchev–Trinajstić information content (AvgIpc) is 2.38. The predicted molar refractivity (Wildman–Crippen MR) is 69.4 cm³/mol. The van der Waals surface area contributed by atoms with Crippen molar-refractivity contribution in [1.82, 2.24) is 5.32 Å². The third-order valence-corrected chi connectivity index (χ3v) is 4.06. The molecule has 0 aromatic heterocycles. The Morgan fingerprint density at radius 1 is 1.44 bits per heavy atom. The molecule has 1 aromatic rings. The third-order valence-electron chi connectivity index (χ3n) is 2.90. The number of hydrogen-bond donors (Lipinski definition) is 1. The summed E-state index contributed by atoms with van der Waals surface area (Å²) in [4.78, 5) is 1.30. The maximum atomic E-state index is 5.22. The van der Waals surface area contributed by atoms with E-state index in [-0.39, 0.29) is 0 Å². The summed E-state index contributed by atoms with van der Waals surface area (Å²) in [7, 11) is 1.71. The first kappa shape index (κ1) is 11.8. The van der Waals surface area contributed by atoms with Gasteiger partial charge in [0.15, 0.2) is 0 Å². The number of methoxy groups -OCH3 is 1. The molecule has 0 amide bonds. The van der Waals surface area contributed by atoms with Gasteiger partial charge >= 0.3 is 0 Å². The molecule has 1 aliphatic rings. The van der Waals surface area contributed by atoms with Crippen molar-refractivity contribution in [2.45, 2.75) is 30.2 Å². The number of nitrogens with one attached hydrogen (secondary N) is 1. The normalized spacial score (nSPS) is 20.7. The van der Waals surface area contributed by atoms with Crippen LogP contribution in [0.5, 0.6) is 5.75 Å². The van der Waals surface area contributed by atoms with Gasteiger partial charge in [0.25, 0.3) is 0 Å². The topological polar surface area (TPSA) is 21.3 Å². The highest BCUT2D eigenvalue weighted by Crippen LogP contribution is 2.24. The Hall–Kier alpha value is -0.670. The van der Waals surface area contributed by atoms with E-state index in [9.17, 15) is 0 Å². The van der Waals surface area contributed by atoms with Crippen molar-refractivity contribution in [3.05, 3.63) is 24.3 Å². The lowest BCUT2D eigenvalue weighted by atomic mass is 10.1. The van der Waals surface area contributed by atoms with E-state index in [2.05, 4.69) is 23.5 Å². The van der Waals surface area contributed by atoms with Gasteiger partial charge in [-0.25, -0.2) is 0 Å². The standard InChI is InChI=1S/C13H19NOS/c1-15-12-6-4-7-13(9-12)16-10-11-5-2-3-8-14-11/h4,6-7,9,11,14H,2-3,5,8,10H2,1H3. The molecule has 1 fully saturated rings. The van der Waals surface area contributed by atoms with E-state index in [0.29, 0.717) is 6.04 Å². The maximum absolute atomic E-state index is 5.22. The number of benzene rings is 1. The van der Waals surface area contributed by atoms with Gasteiger partial charge in [0.2, 0.25) is 0 Å². The van der Waals surface area contributed by atoms with E-state index < -0.39 is 0 Å². The van der Waals surface area contributed by atoms with Crippen LogP contribution in [0.4, 0.5) is 0 Å². The zero-order valence-electron chi connectivity index (χ0n) is 9.74. The fraction of sp³-hybridized carbons (Fsp3) is 0.538. The van der Waals surface area contributed by atoms with Gasteiger partial charge in [0.05, 0.1) is 7.11 Å². The van der Waals surface area contributed by atoms with E-state index in [0.717, 1.165) is 11.5 Å². The third kappa shape index (κ3) is 3.42. The fourth-order valence-corrected chi connectivity index (χ4v) is 3.01. The highest BCUT2D eigenvalue weighted by Gasteiger charge is 2.12. The highest BCUT2D eigenvalue weighted by atomic mass is 32.2. The lowest BCUT2D eigenvalue weighted by molar-refractivity contribution is 0.413. The molecule has 2 rings (SSSR count). The first-order valence-electron chi connectivity index (χ1n) is 5.89. The minimum atomic E-state index is 0.685. The van der Waals surface area contributed by atoms with Gasteiger partial charge in [-0.2, -0.15) is 0 Å². The molecule has 1 aliphatic heterocycles. The molecule has 0 radical (unpaired) electrons. The highest BCUT2D eigenvalue weighted by molar-refractivity contribution is 7.99. The number of rotatable bonds is 4. The van der Waals surface area contributed by atoms with E-state index >= 15 is 0 Å². The Morgan fingerprint density at radius 3 is 3.12 bits per heavy atom. The van der Waals surface area contributed by atoms with Gasteiger partial charge in [-0.05, 0) is 37.6 Å². The SMILES string of the molecule is COc1cccc(SCC2CCCCN2)c1. The molecule has 0 bridgehead atoms. The van der Waals surface area contributed by atoms with Crippen LogP contribution in [0.1, 0.15) is 19.3 Å². The molecular formula is C13H19NOS. The molecule has 88 valence electrons. The van der Waals surface area contributed by atoms with Crippen molar-refractivity contribution in [3.63, 3.8) is 0 Å². The summed E-state index contributed by atoms with van der Waals surface area (Å²) in [5.74, 6) is 2.11. The average molecular weight is 237 g/mol. The fourth-order valence-electron chi connectivity index (χ4n) is 1.95. The zero-order chi connectivity index (χ0) is 11.2. The van der Waals surface area contributed by atoms with E-state index in [4.69, 9.17) is 4.74 Å². The van der Waals surface area contributed by atoms with Crippen molar-refractivity contribution in [1.29, 1.82) is 0 Å². The Labute approximate surface area is 102 Å². The zero-order valence-corrected chi connectivity index (χ0v) is 10.6. The first-order chi connectivity index (χ1) is 7.88. The second-order valence-corrected chi connectivity index (χ2v) is 5.23. The molecule has 0 saturated carbocycles. The largest absolute Gasteiger partial charge is 0.497 e. The van der Waals surface area contributed by atoms with E-state index in [1.165, 1.54) is 30.7 Å². The van der Waals surface area contributed by atoms with Crippen molar-refractivity contribution < 1.29 is 4.74 Å². The van der Waals surface area contributed by atoms with Crippen LogP contribution in [0, 0.1) is 0 Å². The summed E-state index contributed by atoms with van der Waals surface area (Å²) >= 11 is 1.91. The molecule has 1 saturated heterocycles. The van der Waals surface area contributed by atoms with Crippen molar-refractivity contribution >= 4 is 11.8 Å². The van der Waals surface area contributed by atoms with Crippen LogP contribution in [0.25, 0.3) is 0 Å². The smallest absolute Gasteiger partial charge is 0.119 e. The number of ether oxygens (including phenoxy) is 1. The molecule has 0 spiro atoms. The molecule has 1 heterocycles. The van der Waals surface area contributed by atoms with Crippen LogP contribution >= 0.6 is 11.8 Å². The van der Waals surface area contributed by atoms with Crippen molar-refractivity contribution in [2.24, 2.45) is 0 Å². The Bertz CT molecular complexity index is 323. The monoisotopic (exact) mass is 237 g/mol. The minimum Gasteiger partial charge on any atom is -0.497 e. The molecule has 1 N–H and O–H groups in total. The molecular weight excluding hydrogens is 218 g/mol. The summed E-state index contributed by atoms with van der Waals surface area (Å²) in [5, 5.41) is 3.57. The van der Waals surface area contributed by atoms with Gasteiger partial charge in [-0.3, -0.25) is 0 Å². The Morgan fingerprint density at radius 2 is 2.38 bits per heavy atom. The summed E-state index contributed by atoms with van der Waals surface area (Å²) < 4.78 is 5.22. The number of hydrogen-bond acceptors (Lipinski definition) is 3. The van der Waals surface area contributed by atoms with E-state index in [1.807, 2.05) is 17.8 Å². The van der Waals surface area contributed by atoms with Crippen LogP contribution in [-0.4, -0.2) is 25.4 Å². The van der Waals surface area contributed by atoms with E-state index in [1.54, 1.807) is 7.11 Å². The first-order valence-corrected chi connectivity index (χ1v) is 6.87. The van der Waals surface area contributed by atoms with Crippen LogP contribution in [-0.2, 0) is 0 Å². The molecule has 0 aliphatic carbocycles. The van der Waals surface area contributed by atoms with Gasteiger partial charge in [0, 0.05) is 16.7 Å². The van der Waals surface area contributed by atoms with Crippen LogP contribution in [0.3, 0.4) is 0 Å². The van der Waals surface area contributed by atoms with Gasteiger partial charge < -0.3 is 10.1 Å². The Balaban J connectivity index is 1.83. The lowest BCUT2D eigenvalue weighted by Crippen LogP contribution is -2.35. The van der Waals surface area contributed by atoms with Gasteiger partial charge in [-0.1, -0.05) is 12.5 Å². The second-order valence-electron chi connectivity index (χ2n) is 4.14. The summed E-state index contributed by atoms with van der Waals surface area (Å²) in [6, 6.07) is 8.98. The lowest BCUT2D eigenvalue weighted by Gasteiger charge is -2.22. The molecule has 1 aromatic carbocycles. The molecule has 16 heavy (non-hydrogen) atoms.